The predicted octanol–water partition coefficient (Wildman–Crippen LogP) is 0.0960. The Hall–Kier alpha value is 0.450. The number of aliphatic hydroxyl groups is 1. The Balaban J connectivity index is -0.00000144. The number of aliphatic hydroxyl groups excluding tert-OH is 1. The number of allylic oxidation sites excluding steroid dienone is 1. The molecule has 0 aliphatic heterocycles. The summed E-state index contributed by atoms with van der Waals surface area (Å²) in [7, 11) is -3.58. The first-order chi connectivity index (χ1) is 8.62. The van der Waals surface area contributed by atoms with Crippen LogP contribution >= 0.6 is 0 Å². The van der Waals surface area contributed by atoms with Crippen LogP contribution in [0.2, 0.25) is 0 Å². The molecule has 0 saturated carbocycles. The number of hydrogen-bond acceptors (Lipinski definition) is 4. The molecule has 0 radical (unpaired) electrons. The Kier molecular flexibility index (Phi) is 17.0. The molecule has 0 heterocycles. The molecule has 0 amide bonds. The molecule has 0 rings (SSSR count). The van der Waals surface area contributed by atoms with Gasteiger partial charge in [-0.15, -0.1) is 0 Å². The third-order valence-corrected chi connectivity index (χ3v) is 3.70. The Labute approximate surface area is 141 Å². The van der Waals surface area contributed by atoms with Gasteiger partial charge in [0.1, 0.15) is 12.0 Å². The molecule has 4 nitrogen and oxygen atoms in total. The van der Waals surface area contributed by atoms with Crippen molar-refractivity contribution in [1.29, 1.82) is 0 Å². The van der Waals surface area contributed by atoms with Crippen molar-refractivity contribution < 1.29 is 48.7 Å². The second-order valence-corrected chi connectivity index (χ2v) is 6.08. The summed E-state index contributed by atoms with van der Waals surface area (Å²) in [6.07, 6.45) is 12.4. The van der Waals surface area contributed by atoms with Gasteiger partial charge in [-0.2, -0.15) is 8.42 Å². The summed E-state index contributed by atoms with van der Waals surface area (Å²) in [5, 5.41) is 8.48. The summed E-state index contributed by atoms with van der Waals surface area (Å²) in [4.78, 5) is 0. The van der Waals surface area contributed by atoms with E-state index in [1.807, 2.05) is 0 Å². The zero-order chi connectivity index (χ0) is 13.7. The molecule has 19 heavy (non-hydrogen) atoms. The van der Waals surface area contributed by atoms with Crippen molar-refractivity contribution >= 4 is 10.1 Å². The SMILES string of the molecule is CCCCCCCCC/C=C/OS(=O)(=O)CCO.[H-].[Na+]. The van der Waals surface area contributed by atoms with Crippen LogP contribution in [0.25, 0.3) is 0 Å². The molecule has 1 N–H and O–H groups in total. The third-order valence-electron chi connectivity index (χ3n) is 2.61. The molecular formula is C13H27NaO4S. The monoisotopic (exact) mass is 302 g/mol. The number of hydrogen-bond donors (Lipinski definition) is 1. The normalized spacial score (nSPS) is 11.5. The summed E-state index contributed by atoms with van der Waals surface area (Å²) in [5.74, 6) is -0.352. The fraction of sp³-hybridized carbons (Fsp3) is 0.846. The van der Waals surface area contributed by atoms with E-state index in [9.17, 15) is 8.42 Å². The molecule has 6 heteroatoms. The van der Waals surface area contributed by atoms with Crippen molar-refractivity contribution in [3.8, 4) is 0 Å². The van der Waals surface area contributed by atoms with Gasteiger partial charge in [0.15, 0.2) is 0 Å². The van der Waals surface area contributed by atoms with E-state index in [0.29, 0.717) is 0 Å². The van der Waals surface area contributed by atoms with Gasteiger partial charge in [-0.05, 0) is 18.9 Å². The van der Waals surface area contributed by atoms with Gasteiger partial charge in [-0.3, -0.25) is 0 Å². The minimum atomic E-state index is -3.58. The first-order valence-electron chi connectivity index (χ1n) is 6.79. The van der Waals surface area contributed by atoms with Gasteiger partial charge in [0.25, 0.3) is 0 Å². The zero-order valence-electron chi connectivity index (χ0n) is 13.3. The third kappa shape index (κ3) is 16.4. The second kappa shape index (κ2) is 14.9. The maximum absolute atomic E-state index is 11.0. The fourth-order valence-corrected chi connectivity index (χ4v) is 2.14. The minimum Gasteiger partial charge on any atom is -1.00 e. The molecule has 0 atom stereocenters. The Morgan fingerprint density at radius 3 is 2.26 bits per heavy atom. The van der Waals surface area contributed by atoms with Gasteiger partial charge in [0.05, 0.1) is 6.61 Å². The van der Waals surface area contributed by atoms with E-state index < -0.39 is 16.7 Å². The summed E-state index contributed by atoms with van der Waals surface area (Å²) >= 11 is 0. The minimum absolute atomic E-state index is 0. The summed E-state index contributed by atoms with van der Waals surface area (Å²) in [5.41, 5.74) is 0. The maximum atomic E-state index is 11.0. The van der Waals surface area contributed by atoms with E-state index in [-0.39, 0.29) is 36.7 Å². The molecule has 0 unspecified atom stereocenters. The van der Waals surface area contributed by atoms with Crippen LogP contribution in [-0.2, 0) is 14.3 Å². The number of rotatable bonds is 12. The maximum Gasteiger partial charge on any atom is 1.00 e. The van der Waals surface area contributed by atoms with Crippen LogP contribution in [0.4, 0.5) is 0 Å². The van der Waals surface area contributed by atoms with Crippen molar-refractivity contribution in [3.05, 3.63) is 12.3 Å². The van der Waals surface area contributed by atoms with Crippen molar-refractivity contribution in [3.63, 3.8) is 0 Å². The molecule has 0 aromatic heterocycles. The molecule has 110 valence electrons. The van der Waals surface area contributed by atoms with E-state index in [4.69, 9.17) is 5.11 Å². The van der Waals surface area contributed by atoms with Crippen LogP contribution in [0.15, 0.2) is 12.3 Å². The van der Waals surface area contributed by atoms with Gasteiger partial charge < -0.3 is 10.7 Å². The van der Waals surface area contributed by atoms with Crippen LogP contribution in [0.5, 0.6) is 0 Å². The Morgan fingerprint density at radius 2 is 1.68 bits per heavy atom. The van der Waals surface area contributed by atoms with E-state index in [1.54, 1.807) is 6.08 Å². The summed E-state index contributed by atoms with van der Waals surface area (Å²) < 4.78 is 26.6. The average molecular weight is 302 g/mol. The molecule has 0 saturated heterocycles. The molecule has 0 aromatic rings. The van der Waals surface area contributed by atoms with Crippen molar-refractivity contribution in [2.75, 3.05) is 12.4 Å². The molecule has 0 bridgehead atoms. The van der Waals surface area contributed by atoms with E-state index in [1.165, 1.54) is 44.8 Å². The predicted molar refractivity (Wildman–Crippen MR) is 74.8 cm³/mol. The van der Waals surface area contributed by atoms with Gasteiger partial charge in [0, 0.05) is 0 Å². The fourth-order valence-electron chi connectivity index (χ4n) is 1.57. The summed E-state index contributed by atoms with van der Waals surface area (Å²) in [6, 6.07) is 0. The van der Waals surface area contributed by atoms with Crippen molar-refractivity contribution in [1.82, 2.24) is 0 Å². The van der Waals surface area contributed by atoms with Crippen LogP contribution in [0, 0.1) is 0 Å². The largest absolute Gasteiger partial charge is 1.00 e. The van der Waals surface area contributed by atoms with Crippen LogP contribution < -0.4 is 29.6 Å². The summed E-state index contributed by atoms with van der Waals surface area (Å²) in [6.45, 7) is 1.80. The van der Waals surface area contributed by atoms with Crippen molar-refractivity contribution in [2.24, 2.45) is 0 Å². The zero-order valence-corrected chi connectivity index (χ0v) is 15.1. The molecule has 0 fully saturated rings. The van der Waals surface area contributed by atoms with Crippen LogP contribution in [0.1, 0.15) is 59.7 Å². The standard InChI is InChI=1S/C13H26O4S.Na.H/c1-2-3-4-5-6-7-8-9-10-12-17-18(15,16)13-11-14;;/h10,12,14H,2-9,11,13H2,1H3;;/q;+1;-1/b12-10+;;. The van der Waals surface area contributed by atoms with Crippen molar-refractivity contribution in [2.45, 2.75) is 58.3 Å². The van der Waals surface area contributed by atoms with Crippen LogP contribution in [0.3, 0.4) is 0 Å². The van der Waals surface area contributed by atoms with E-state index in [2.05, 4.69) is 11.1 Å². The van der Waals surface area contributed by atoms with E-state index in [0.717, 1.165) is 12.8 Å². The molecule has 0 aliphatic carbocycles. The van der Waals surface area contributed by atoms with Gasteiger partial charge in [0.2, 0.25) is 0 Å². The van der Waals surface area contributed by atoms with E-state index >= 15 is 0 Å². The quantitative estimate of drug-likeness (QED) is 0.240. The second-order valence-electron chi connectivity index (χ2n) is 4.36. The number of unbranched alkanes of at least 4 members (excludes halogenated alkanes) is 7. The van der Waals surface area contributed by atoms with Gasteiger partial charge in [-0.1, -0.05) is 45.4 Å². The molecule has 0 aromatic carbocycles. The van der Waals surface area contributed by atoms with Gasteiger partial charge in [-0.25, -0.2) is 0 Å². The Bertz CT molecular complexity index is 307. The first kappa shape index (κ1) is 21.7. The van der Waals surface area contributed by atoms with Crippen LogP contribution in [-0.4, -0.2) is 25.9 Å². The average Bonchev–Trinajstić information content (AvgIpc) is 2.31. The topological polar surface area (TPSA) is 63.6 Å². The molecular weight excluding hydrogens is 275 g/mol. The Morgan fingerprint density at radius 1 is 1.11 bits per heavy atom. The first-order valence-corrected chi connectivity index (χ1v) is 8.37. The van der Waals surface area contributed by atoms with Gasteiger partial charge >= 0.3 is 39.7 Å². The smallest absolute Gasteiger partial charge is 1.00 e. The molecule has 0 aliphatic rings. The molecule has 0 spiro atoms.